The summed E-state index contributed by atoms with van der Waals surface area (Å²) in [6.45, 7) is 4.11. The van der Waals surface area contributed by atoms with Crippen LogP contribution in [0.2, 0.25) is 0 Å². The van der Waals surface area contributed by atoms with Crippen molar-refractivity contribution in [1.82, 2.24) is 9.97 Å². The maximum absolute atomic E-state index is 4.70. The lowest BCUT2D eigenvalue weighted by Gasteiger charge is -2.06. The molecule has 0 fully saturated rings. The second kappa shape index (κ2) is 6.75. The highest BCUT2D eigenvalue weighted by molar-refractivity contribution is 7.98. The molecule has 0 spiro atoms. The highest BCUT2D eigenvalue weighted by Gasteiger charge is 2.06. The SMILES string of the molecule is Cc1ccc(-c2nc(C)cc(SCc3ccccc3)n2)cc1. The van der Waals surface area contributed by atoms with Crippen molar-refractivity contribution in [1.29, 1.82) is 0 Å². The van der Waals surface area contributed by atoms with Crippen LogP contribution >= 0.6 is 11.8 Å². The van der Waals surface area contributed by atoms with Crippen molar-refractivity contribution in [2.75, 3.05) is 0 Å². The maximum Gasteiger partial charge on any atom is 0.160 e. The summed E-state index contributed by atoms with van der Waals surface area (Å²) in [5.41, 5.74) is 4.62. The Balaban J connectivity index is 1.82. The zero-order chi connectivity index (χ0) is 15.4. The number of rotatable bonds is 4. The fourth-order valence-electron chi connectivity index (χ4n) is 2.18. The number of thioether (sulfide) groups is 1. The third-order valence-electron chi connectivity index (χ3n) is 3.37. The van der Waals surface area contributed by atoms with Gasteiger partial charge in [-0.15, -0.1) is 11.8 Å². The number of hydrogen-bond donors (Lipinski definition) is 0. The highest BCUT2D eigenvalue weighted by atomic mass is 32.2. The largest absolute Gasteiger partial charge is 0.233 e. The molecule has 0 atom stereocenters. The van der Waals surface area contributed by atoms with Crippen LogP contribution in [0.5, 0.6) is 0 Å². The molecule has 0 aliphatic carbocycles. The topological polar surface area (TPSA) is 25.8 Å². The molecule has 22 heavy (non-hydrogen) atoms. The monoisotopic (exact) mass is 306 g/mol. The number of aryl methyl sites for hydroxylation is 2. The van der Waals surface area contributed by atoms with Crippen LogP contribution in [-0.4, -0.2) is 9.97 Å². The summed E-state index contributed by atoms with van der Waals surface area (Å²) in [6.07, 6.45) is 0. The van der Waals surface area contributed by atoms with Crippen molar-refractivity contribution in [3.63, 3.8) is 0 Å². The smallest absolute Gasteiger partial charge is 0.160 e. The van der Waals surface area contributed by atoms with Gasteiger partial charge in [-0.1, -0.05) is 60.2 Å². The summed E-state index contributed by atoms with van der Waals surface area (Å²) in [5.74, 6) is 1.72. The van der Waals surface area contributed by atoms with Crippen molar-refractivity contribution in [3.05, 3.63) is 77.5 Å². The van der Waals surface area contributed by atoms with Crippen LogP contribution in [-0.2, 0) is 5.75 Å². The van der Waals surface area contributed by atoms with Crippen molar-refractivity contribution in [2.24, 2.45) is 0 Å². The minimum atomic E-state index is 0.801. The second-order valence-corrected chi connectivity index (χ2v) is 6.31. The molecule has 0 N–H and O–H groups in total. The predicted octanol–water partition coefficient (Wildman–Crippen LogP) is 5.05. The van der Waals surface area contributed by atoms with Gasteiger partial charge in [-0.3, -0.25) is 0 Å². The van der Waals surface area contributed by atoms with E-state index in [1.54, 1.807) is 11.8 Å². The molecule has 0 aliphatic heterocycles. The van der Waals surface area contributed by atoms with Crippen molar-refractivity contribution in [2.45, 2.75) is 24.6 Å². The van der Waals surface area contributed by atoms with Crippen LogP contribution < -0.4 is 0 Å². The van der Waals surface area contributed by atoms with E-state index in [2.05, 4.69) is 60.4 Å². The summed E-state index contributed by atoms with van der Waals surface area (Å²) < 4.78 is 0. The first-order valence-corrected chi connectivity index (χ1v) is 8.29. The molecule has 3 rings (SSSR count). The van der Waals surface area contributed by atoms with Crippen LogP contribution in [0.1, 0.15) is 16.8 Å². The number of hydrogen-bond acceptors (Lipinski definition) is 3. The zero-order valence-electron chi connectivity index (χ0n) is 12.8. The lowest BCUT2D eigenvalue weighted by molar-refractivity contribution is 1.02. The summed E-state index contributed by atoms with van der Waals surface area (Å²) in [6, 6.07) is 20.9. The fourth-order valence-corrected chi connectivity index (χ4v) is 3.09. The zero-order valence-corrected chi connectivity index (χ0v) is 13.6. The number of benzene rings is 2. The fraction of sp³-hybridized carbons (Fsp3) is 0.158. The average Bonchev–Trinajstić information content (AvgIpc) is 2.54. The van der Waals surface area contributed by atoms with Gasteiger partial charge in [-0.2, -0.15) is 0 Å². The summed E-state index contributed by atoms with van der Waals surface area (Å²) in [5, 5.41) is 1.02. The maximum atomic E-state index is 4.70. The van der Waals surface area contributed by atoms with E-state index in [0.29, 0.717) is 0 Å². The molecule has 3 heteroatoms. The summed E-state index contributed by atoms with van der Waals surface area (Å²) in [7, 11) is 0. The van der Waals surface area contributed by atoms with Gasteiger partial charge in [-0.05, 0) is 25.5 Å². The molecule has 2 aromatic carbocycles. The highest BCUT2D eigenvalue weighted by Crippen LogP contribution is 2.24. The molecule has 1 heterocycles. The summed E-state index contributed by atoms with van der Waals surface area (Å²) >= 11 is 1.75. The molecule has 0 bridgehead atoms. The van der Waals surface area contributed by atoms with E-state index < -0.39 is 0 Å². The van der Waals surface area contributed by atoms with Gasteiger partial charge >= 0.3 is 0 Å². The van der Waals surface area contributed by atoms with E-state index >= 15 is 0 Å². The van der Waals surface area contributed by atoms with E-state index in [-0.39, 0.29) is 0 Å². The van der Waals surface area contributed by atoms with E-state index in [4.69, 9.17) is 4.98 Å². The van der Waals surface area contributed by atoms with Crippen molar-refractivity contribution < 1.29 is 0 Å². The quantitative estimate of drug-likeness (QED) is 0.498. The predicted molar refractivity (Wildman–Crippen MR) is 92.9 cm³/mol. The molecule has 0 aliphatic rings. The average molecular weight is 306 g/mol. The Labute approximate surface area is 135 Å². The first kappa shape index (κ1) is 14.8. The molecule has 3 aromatic rings. The van der Waals surface area contributed by atoms with Gasteiger partial charge in [-0.25, -0.2) is 9.97 Å². The standard InChI is InChI=1S/C19H18N2S/c1-14-8-10-17(11-9-14)19-20-15(2)12-18(21-19)22-13-16-6-4-3-5-7-16/h3-12H,13H2,1-2H3. The molecule has 2 nitrogen and oxygen atoms in total. The van der Waals surface area contributed by atoms with Crippen LogP contribution in [0.15, 0.2) is 65.7 Å². The van der Waals surface area contributed by atoms with E-state index in [1.165, 1.54) is 11.1 Å². The van der Waals surface area contributed by atoms with Gasteiger partial charge in [0.15, 0.2) is 5.82 Å². The van der Waals surface area contributed by atoms with Crippen LogP contribution in [0.25, 0.3) is 11.4 Å². The number of nitrogens with zero attached hydrogens (tertiary/aromatic N) is 2. The van der Waals surface area contributed by atoms with Gasteiger partial charge in [0, 0.05) is 17.0 Å². The Kier molecular flexibility index (Phi) is 4.54. The van der Waals surface area contributed by atoms with Crippen LogP contribution in [0.3, 0.4) is 0 Å². The van der Waals surface area contributed by atoms with E-state index in [9.17, 15) is 0 Å². The number of aromatic nitrogens is 2. The third kappa shape index (κ3) is 3.74. The third-order valence-corrected chi connectivity index (χ3v) is 4.35. The molecule has 1 aromatic heterocycles. The lowest BCUT2D eigenvalue weighted by Crippen LogP contribution is -1.94. The molecular formula is C19H18N2S. The minimum Gasteiger partial charge on any atom is -0.233 e. The normalized spacial score (nSPS) is 10.6. The van der Waals surface area contributed by atoms with Crippen LogP contribution in [0, 0.1) is 13.8 Å². The van der Waals surface area contributed by atoms with Crippen LogP contribution in [0.4, 0.5) is 0 Å². The molecule has 0 amide bonds. The van der Waals surface area contributed by atoms with Gasteiger partial charge in [0.1, 0.15) is 5.03 Å². The van der Waals surface area contributed by atoms with E-state index in [1.807, 2.05) is 19.1 Å². The molecular weight excluding hydrogens is 288 g/mol. The molecule has 0 saturated heterocycles. The van der Waals surface area contributed by atoms with Gasteiger partial charge < -0.3 is 0 Å². The Bertz CT molecular complexity index is 752. The van der Waals surface area contributed by atoms with E-state index in [0.717, 1.165) is 27.9 Å². The molecule has 110 valence electrons. The van der Waals surface area contributed by atoms with Gasteiger partial charge in [0.05, 0.1) is 0 Å². The first-order chi connectivity index (χ1) is 10.7. The van der Waals surface area contributed by atoms with Gasteiger partial charge in [0.2, 0.25) is 0 Å². The van der Waals surface area contributed by atoms with Crippen molar-refractivity contribution >= 4 is 11.8 Å². The van der Waals surface area contributed by atoms with Gasteiger partial charge in [0.25, 0.3) is 0 Å². The molecule has 0 saturated carbocycles. The lowest BCUT2D eigenvalue weighted by atomic mass is 10.1. The minimum absolute atomic E-state index is 0.801. The Morgan fingerprint density at radius 1 is 0.864 bits per heavy atom. The molecule has 0 radical (unpaired) electrons. The van der Waals surface area contributed by atoms with Crippen molar-refractivity contribution in [3.8, 4) is 11.4 Å². The first-order valence-electron chi connectivity index (χ1n) is 7.30. The molecule has 0 unspecified atom stereocenters. The summed E-state index contributed by atoms with van der Waals surface area (Å²) in [4.78, 5) is 9.26. The second-order valence-electron chi connectivity index (χ2n) is 5.31. The Morgan fingerprint density at radius 3 is 2.32 bits per heavy atom. The Hall–Kier alpha value is -2.13. The Morgan fingerprint density at radius 2 is 1.59 bits per heavy atom.